The number of hydrogen-bond acceptors (Lipinski definition) is 4. The van der Waals surface area contributed by atoms with Crippen molar-refractivity contribution in [3.05, 3.63) is 34.5 Å². The Hall–Kier alpha value is -1.64. The molecule has 0 aromatic carbocycles. The van der Waals surface area contributed by atoms with E-state index in [4.69, 9.17) is 10.00 Å². The van der Waals surface area contributed by atoms with Crippen LogP contribution in [-0.2, 0) is 16.1 Å². The third-order valence-electron chi connectivity index (χ3n) is 4.14. The smallest absolute Gasteiger partial charge is 0.246 e. The maximum atomic E-state index is 12.0. The molecule has 0 saturated heterocycles. The van der Waals surface area contributed by atoms with Crippen LogP contribution in [0.1, 0.15) is 49.0 Å². The summed E-state index contributed by atoms with van der Waals surface area (Å²) in [6, 6.07) is 3.96. The number of ether oxygens (including phenoxy) is 1. The van der Waals surface area contributed by atoms with E-state index in [9.17, 15) is 4.79 Å². The van der Waals surface area contributed by atoms with Gasteiger partial charge in [0.2, 0.25) is 5.91 Å². The third-order valence-corrected chi connectivity index (χ3v) is 5.02. The number of carbonyl (C=O) groups is 1. The Balaban J connectivity index is 1.84. The summed E-state index contributed by atoms with van der Waals surface area (Å²) in [7, 11) is 0. The monoisotopic (exact) mass is 332 g/mol. The molecule has 1 aliphatic carbocycles. The summed E-state index contributed by atoms with van der Waals surface area (Å²) in [4.78, 5) is 14.4. The van der Waals surface area contributed by atoms with E-state index in [-0.39, 0.29) is 5.91 Å². The van der Waals surface area contributed by atoms with Crippen molar-refractivity contribution in [2.75, 3.05) is 13.2 Å². The van der Waals surface area contributed by atoms with Crippen molar-refractivity contribution in [2.45, 2.75) is 51.2 Å². The first-order valence-corrected chi connectivity index (χ1v) is 9.11. The van der Waals surface area contributed by atoms with E-state index in [0.29, 0.717) is 30.7 Å². The van der Waals surface area contributed by atoms with Gasteiger partial charge < -0.3 is 9.64 Å². The second-order valence-corrected chi connectivity index (χ2v) is 6.79. The van der Waals surface area contributed by atoms with Crippen molar-refractivity contribution in [2.24, 2.45) is 0 Å². The summed E-state index contributed by atoms with van der Waals surface area (Å²) in [5.41, 5.74) is 0.983. The predicted molar refractivity (Wildman–Crippen MR) is 92.1 cm³/mol. The van der Waals surface area contributed by atoms with Gasteiger partial charge in [0.1, 0.15) is 10.9 Å². The normalized spacial score (nSPS) is 15.6. The van der Waals surface area contributed by atoms with E-state index in [2.05, 4.69) is 12.6 Å². The van der Waals surface area contributed by atoms with Crippen molar-refractivity contribution in [3.63, 3.8) is 0 Å². The molecule has 0 radical (unpaired) electrons. The van der Waals surface area contributed by atoms with E-state index >= 15 is 0 Å². The van der Waals surface area contributed by atoms with Crippen LogP contribution in [0.25, 0.3) is 0 Å². The number of rotatable bonds is 7. The number of nitriles is 1. The van der Waals surface area contributed by atoms with E-state index in [1.807, 2.05) is 11.4 Å². The van der Waals surface area contributed by atoms with E-state index in [1.54, 1.807) is 4.90 Å². The lowest BCUT2D eigenvalue weighted by atomic mass is 10.1. The van der Waals surface area contributed by atoms with Crippen molar-refractivity contribution in [1.29, 1.82) is 5.26 Å². The zero-order valence-corrected chi connectivity index (χ0v) is 14.3. The molecule has 1 saturated carbocycles. The van der Waals surface area contributed by atoms with Gasteiger partial charge in [0, 0.05) is 13.1 Å². The van der Waals surface area contributed by atoms with E-state index in [1.165, 1.54) is 43.1 Å². The summed E-state index contributed by atoms with van der Waals surface area (Å²) in [6.45, 7) is 5.18. The molecule has 23 heavy (non-hydrogen) atoms. The van der Waals surface area contributed by atoms with Gasteiger partial charge in [-0.3, -0.25) is 4.79 Å². The minimum atomic E-state index is -0.0980. The predicted octanol–water partition coefficient (Wildman–Crippen LogP) is 3.87. The second-order valence-electron chi connectivity index (χ2n) is 5.88. The van der Waals surface area contributed by atoms with Crippen molar-refractivity contribution < 1.29 is 9.53 Å². The van der Waals surface area contributed by atoms with Gasteiger partial charge >= 0.3 is 0 Å². The lowest BCUT2D eigenvalue weighted by Gasteiger charge is -2.22. The summed E-state index contributed by atoms with van der Waals surface area (Å²) in [5, 5.41) is 10.8. The Bertz CT molecular complexity index is 554. The van der Waals surface area contributed by atoms with Gasteiger partial charge in [-0.25, -0.2) is 0 Å². The highest BCUT2D eigenvalue weighted by Gasteiger charge is 2.15. The molecule has 0 bridgehead atoms. The van der Waals surface area contributed by atoms with Gasteiger partial charge in [-0.1, -0.05) is 32.3 Å². The molecule has 1 amide bonds. The lowest BCUT2D eigenvalue weighted by Crippen LogP contribution is -2.33. The number of amides is 1. The summed E-state index contributed by atoms with van der Waals surface area (Å²) < 4.78 is 5.97. The molecule has 4 nitrogen and oxygen atoms in total. The van der Waals surface area contributed by atoms with Crippen molar-refractivity contribution in [1.82, 2.24) is 4.90 Å². The number of thiophene rings is 1. The topological polar surface area (TPSA) is 53.3 Å². The van der Waals surface area contributed by atoms with Crippen LogP contribution >= 0.6 is 11.3 Å². The average Bonchev–Trinajstić information content (AvgIpc) is 2.87. The molecule has 0 aliphatic heterocycles. The Morgan fingerprint density at radius 2 is 2.17 bits per heavy atom. The molecule has 1 aliphatic rings. The largest absolute Gasteiger partial charge is 0.376 e. The van der Waals surface area contributed by atoms with Crippen LogP contribution in [0.15, 0.2) is 24.1 Å². The molecule has 0 atom stereocenters. The quantitative estimate of drug-likeness (QED) is 0.562. The van der Waals surface area contributed by atoms with Crippen LogP contribution in [0, 0.1) is 11.3 Å². The fraction of sp³-hybridized carbons (Fsp3) is 0.556. The summed E-state index contributed by atoms with van der Waals surface area (Å²) in [5.74, 6) is -0.0980. The molecule has 0 spiro atoms. The van der Waals surface area contributed by atoms with Crippen molar-refractivity contribution >= 4 is 17.2 Å². The molecule has 0 unspecified atom stereocenters. The zero-order valence-electron chi connectivity index (χ0n) is 13.5. The summed E-state index contributed by atoms with van der Waals surface area (Å²) >= 11 is 1.40. The van der Waals surface area contributed by atoms with E-state index < -0.39 is 0 Å². The third kappa shape index (κ3) is 5.81. The Kier molecular flexibility index (Phi) is 7.31. The van der Waals surface area contributed by atoms with Crippen LogP contribution < -0.4 is 0 Å². The van der Waals surface area contributed by atoms with Gasteiger partial charge in [-0.2, -0.15) is 5.26 Å². The Morgan fingerprint density at radius 1 is 1.43 bits per heavy atom. The second kappa shape index (κ2) is 9.49. The van der Waals surface area contributed by atoms with Crippen LogP contribution in [-0.4, -0.2) is 30.1 Å². The first-order valence-electron chi connectivity index (χ1n) is 8.23. The average molecular weight is 332 g/mol. The fourth-order valence-electron chi connectivity index (χ4n) is 2.87. The molecule has 1 aromatic rings. The zero-order chi connectivity index (χ0) is 16.5. The molecule has 1 aromatic heterocycles. The van der Waals surface area contributed by atoms with Crippen LogP contribution in [0.2, 0.25) is 0 Å². The highest BCUT2D eigenvalue weighted by atomic mass is 32.1. The first-order chi connectivity index (χ1) is 11.2. The number of hydrogen-bond donors (Lipinski definition) is 0. The molecule has 5 heteroatoms. The van der Waals surface area contributed by atoms with Gasteiger partial charge in [0.05, 0.1) is 12.7 Å². The van der Waals surface area contributed by atoms with Gasteiger partial charge in [0.25, 0.3) is 0 Å². The number of carbonyl (C=O) groups excluding carboxylic acids is 1. The molecule has 124 valence electrons. The van der Waals surface area contributed by atoms with Crippen molar-refractivity contribution in [3.8, 4) is 6.07 Å². The first kappa shape index (κ1) is 17.7. The maximum Gasteiger partial charge on any atom is 0.246 e. The standard InChI is InChI=1S/C18H24N2O2S/c1-2-18(21)20(13-15-11-17(12-19)23-14-15)9-10-22-16-7-5-3-4-6-8-16/h2,11,14,16H,1,3-10,13H2. The molecule has 0 N–H and O–H groups in total. The van der Waals surface area contributed by atoms with Crippen LogP contribution in [0.5, 0.6) is 0 Å². The highest BCUT2D eigenvalue weighted by Crippen LogP contribution is 2.20. The van der Waals surface area contributed by atoms with Gasteiger partial charge in [-0.05, 0) is 35.9 Å². The molecular formula is C18H24N2O2S. The Morgan fingerprint density at radius 3 is 2.78 bits per heavy atom. The lowest BCUT2D eigenvalue weighted by molar-refractivity contribution is -0.127. The summed E-state index contributed by atoms with van der Waals surface area (Å²) in [6.07, 6.45) is 9.03. The van der Waals surface area contributed by atoms with Crippen LogP contribution in [0.3, 0.4) is 0 Å². The maximum absolute atomic E-state index is 12.0. The van der Waals surface area contributed by atoms with Crippen LogP contribution in [0.4, 0.5) is 0 Å². The molecule has 2 rings (SSSR count). The van der Waals surface area contributed by atoms with Gasteiger partial charge in [-0.15, -0.1) is 11.3 Å². The van der Waals surface area contributed by atoms with Gasteiger partial charge in [0.15, 0.2) is 0 Å². The molecule has 1 heterocycles. The molecular weight excluding hydrogens is 308 g/mol. The fourth-order valence-corrected chi connectivity index (χ4v) is 3.56. The highest BCUT2D eigenvalue weighted by molar-refractivity contribution is 7.10. The van der Waals surface area contributed by atoms with E-state index in [0.717, 1.165) is 18.4 Å². The Labute approximate surface area is 142 Å². The molecule has 1 fully saturated rings. The SMILES string of the molecule is C=CC(=O)N(CCOC1CCCCCC1)Cc1csc(C#N)c1. The number of nitrogens with zero attached hydrogens (tertiary/aromatic N) is 2. The minimum absolute atomic E-state index is 0.0980. The minimum Gasteiger partial charge on any atom is -0.376 e.